The first-order valence-electron chi connectivity index (χ1n) is 6.93. The molecule has 17 heavy (non-hydrogen) atoms. The normalized spacial score (nSPS) is 30.1. The lowest BCUT2D eigenvalue weighted by Gasteiger charge is -2.44. The molecule has 3 rings (SSSR count). The van der Waals surface area contributed by atoms with Crippen molar-refractivity contribution < 1.29 is 0 Å². The van der Waals surface area contributed by atoms with Crippen LogP contribution in [0.4, 0.5) is 0 Å². The lowest BCUT2D eigenvalue weighted by Crippen LogP contribution is -2.59. The van der Waals surface area contributed by atoms with Gasteiger partial charge in [0.1, 0.15) is 0 Å². The Morgan fingerprint density at radius 2 is 2.29 bits per heavy atom. The topological polar surface area (TPSA) is 15.3 Å². The van der Waals surface area contributed by atoms with Crippen LogP contribution in [0.1, 0.15) is 30.6 Å². The van der Waals surface area contributed by atoms with E-state index in [1.54, 1.807) is 0 Å². The van der Waals surface area contributed by atoms with Crippen molar-refractivity contribution in [1.29, 1.82) is 0 Å². The molecule has 1 aromatic rings. The van der Waals surface area contributed by atoms with Crippen LogP contribution in [0.5, 0.6) is 0 Å². The zero-order valence-electron chi connectivity index (χ0n) is 10.4. The summed E-state index contributed by atoms with van der Waals surface area (Å²) in [5.74, 6) is 0. The molecule has 0 bridgehead atoms. The molecule has 1 aliphatic heterocycles. The minimum absolute atomic E-state index is 0.779. The molecule has 1 saturated carbocycles. The highest BCUT2D eigenvalue weighted by atomic mass is 32.1. The van der Waals surface area contributed by atoms with Crippen molar-refractivity contribution >= 4 is 11.3 Å². The average molecular weight is 250 g/mol. The van der Waals surface area contributed by atoms with Crippen LogP contribution in [0.15, 0.2) is 17.5 Å². The molecular weight excluding hydrogens is 228 g/mol. The Morgan fingerprint density at radius 3 is 3.18 bits per heavy atom. The third kappa shape index (κ3) is 2.72. The third-order valence-electron chi connectivity index (χ3n) is 4.23. The van der Waals surface area contributed by atoms with Gasteiger partial charge in [-0.1, -0.05) is 18.9 Å². The van der Waals surface area contributed by atoms with Gasteiger partial charge in [-0.15, -0.1) is 11.3 Å². The fourth-order valence-corrected chi connectivity index (χ4v) is 4.03. The molecule has 0 radical (unpaired) electrons. The highest BCUT2D eigenvalue weighted by Gasteiger charge is 2.32. The number of fused-ring (bicyclic) bond motifs is 1. The SMILES string of the molecule is c1csc(CCN2CCN[C@H]3CCCC[C@H]32)c1. The molecule has 2 nitrogen and oxygen atoms in total. The van der Waals surface area contributed by atoms with E-state index in [-0.39, 0.29) is 0 Å². The molecule has 1 aliphatic carbocycles. The van der Waals surface area contributed by atoms with Crippen LogP contribution < -0.4 is 5.32 Å². The molecule has 0 spiro atoms. The summed E-state index contributed by atoms with van der Waals surface area (Å²) in [6, 6.07) is 6.03. The fraction of sp³-hybridized carbons (Fsp3) is 0.714. The first-order chi connectivity index (χ1) is 8.43. The first kappa shape index (κ1) is 11.7. The summed E-state index contributed by atoms with van der Waals surface area (Å²) < 4.78 is 0. The van der Waals surface area contributed by atoms with Crippen LogP contribution in [0.3, 0.4) is 0 Å². The van der Waals surface area contributed by atoms with E-state index in [0.29, 0.717) is 0 Å². The Labute approximate surface area is 108 Å². The van der Waals surface area contributed by atoms with Crippen LogP contribution in [0.25, 0.3) is 0 Å². The molecule has 0 aromatic carbocycles. The van der Waals surface area contributed by atoms with Crippen molar-refractivity contribution in [2.75, 3.05) is 19.6 Å². The van der Waals surface area contributed by atoms with Gasteiger partial charge in [-0.05, 0) is 30.7 Å². The van der Waals surface area contributed by atoms with Gasteiger partial charge < -0.3 is 5.32 Å². The van der Waals surface area contributed by atoms with E-state index < -0.39 is 0 Å². The maximum atomic E-state index is 3.71. The van der Waals surface area contributed by atoms with Gasteiger partial charge in [0.05, 0.1) is 0 Å². The lowest BCUT2D eigenvalue weighted by atomic mass is 9.87. The fourth-order valence-electron chi connectivity index (χ4n) is 3.33. The molecule has 94 valence electrons. The molecule has 1 aromatic heterocycles. The first-order valence-corrected chi connectivity index (χ1v) is 7.81. The van der Waals surface area contributed by atoms with Crippen LogP contribution in [-0.4, -0.2) is 36.6 Å². The van der Waals surface area contributed by atoms with Crippen LogP contribution in [-0.2, 0) is 6.42 Å². The molecule has 2 aliphatic rings. The van der Waals surface area contributed by atoms with E-state index in [4.69, 9.17) is 0 Å². The maximum absolute atomic E-state index is 3.71. The van der Waals surface area contributed by atoms with E-state index in [9.17, 15) is 0 Å². The molecule has 0 amide bonds. The summed E-state index contributed by atoms with van der Waals surface area (Å²) in [5.41, 5.74) is 0. The molecule has 2 fully saturated rings. The van der Waals surface area contributed by atoms with Gasteiger partial charge in [0.2, 0.25) is 0 Å². The number of rotatable bonds is 3. The summed E-state index contributed by atoms with van der Waals surface area (Å²) >= 11 is 1.90. The maximum Gasteiger partial charge on any atom is 0.0250 e. The highest BCUT2D eigenvalue weighted by molar-refractivity contribution is 7.09. The van der Waals surface area contributed by atoms with Gasteiger partial charge in [-0.25, -0.2) is 0 Å². The highest BCUT2D eigenvalue weighted by Crippen LogP contribution is 2.25. The van der Waals surface area contributed by atoms with E-state index in [2.05, 4.69) is 27.7 Å². The second-order valence-electron chi connectivity index (χ2n) is 5.28. The number of piperazine rings is 1. The van der Waals surface area contributed by atoms with Gasteiger partial charge in [0, 0.05) is 36.6 Å². The van der Waals surface area contributed by atoms with Crippen molar-refractivity contribution in [1.82, 2.24) is 10.2 Å². The van der Waals surface area contributed by atoms with Gasteiger partial charge in [0.25, 0.3) is 0 Å². The Kier molecular flexibility index (Phi) is 3.79. The van der Waals surface area contributed by atoms with Gasteiger partial charge >= 0.3 is 0 Å². The molecule has 2 atom stereocenters. The average Bonchev–Trinajstić information content (AvgIpc) is 2.89. The van der Waals surface area contributed by atoms with Crippen LogP contribution in [0, 0.1) is 0 Å². The predicted octanol–water partition coefficient (Wildman–Crippen LogP) is 2.51. The number of hydrogen-bond donors (Lipinski definition) is 1. The molecule has 2 heterocycles. The number of nitrogens with zero attached hydrogens (tertiary/aromatic N) is 1. The van der Waals surface area contributed by atoms with Crippen molar-refractivity contribution in [2.45, 2.75) is 44.2 Å². The lowest BCUT2D eigenvalue weighted by molar-refractivity contribution is 0.0895. The minimum Gasteiger partial charge on any atom is -0.311 e. The Hall–Kier alpha value is -0.380. The van der Waals surface area contributed by atoms with E-state index >= 15 is 0 Å². The van der Waals surface area contributed by atoms with Crippen molar-refractivity contribution in [3.8, 4) is 0 Å². The summed E-state index contributed by atoms with van der Waals surface area (Å²) in [7, 11) is 0. The molecule has 0 unspecified atom stereocenters. The number of nitrogens with one attached hydrogen (secondary N) is 1. The largest absolute Gasteiger partial charge is 0.311 e. The molecular formula is C14H22N2S. The quantitative estimate of drug-likeness (QED) is 0.887. The molecule has 1 N–H and O–H groups in total. The van der Waals surface area contributed by atoms with E-state index in [0.717, 1.165) is 12.1 Å². The predicted molar refractivity (Wildman–Crippen MR) is 73.6 cm³/mol. The zero-order valence-corrected chi connectivity index (χ0v) is 11.2. The monoisotopic (exact) mass is 250 g/mol. The van der Waals surface area contributed by atoms with Crippen molar-refractivity contribution in [2.24, 2.45) is 0 Å². The third-order valence-corrected chi connectivity index (χ3v) is 5.17. The van der Waals surface area contributed by atoms with Crippen LogP contribution in [0.2, 0.25) is 0 Å². The second-order valence-corrected chi connectivity index (χ2v) is 6.31. The van der Waals surface area contributed by atoms with Crippen molar-refractivity contribution in [3.05, 3.63) is 22.4 Å². The Morgan fingerprint density at radius 1 is 1.35 bits per heavy atom. The second kappa shape index (κ2) is 5.51. The van der Waals surface area contributed by atoms with E-state index in [1.165, 1.54) is 56.6 Å². The van der Waals surface area contributed by atoms with E-state index in [1.807, 2.05) is 11.3 Å². The smallest absolute Gasteiger partial charge is 0.0250 e. The minimum atomic E-state index is 0.779. The van der Waals surface area contributed by atoms with Crippen LogP contribution >= 0.6 is 11.3 Å². The standard InChI is InChI=1S/C14H22N2S/c1-2-6-14-13(5-1)15-8-10-16(14)9-7-12-4-3-11-17-12/h3-4,11,13-15H,1-2,5-10H2/t13-,14+/m0/s1. The van der Waals surface area contributed by atoms with Gasteiger partial charge in [0.15, 0.2) is 0 Å². The Bertz CT molecular complexity index is 334. The summed E-state index contributed by atoms with van der Waals surface area (Å²) in [6.45, 7) is 3.68. The van der Waals surface area contributed by atoms with Crippen molar-refractivity contribution in [3.63, 3.8) is 0 Å². The summed E-state index contributed by atoms with van der Waals surface area (Å²) in [4.78, 5) is 4.27. The van der Waals surface area contributed by atoms with Gasteiger partial charge in [-0.2, -0.15) is 0 Å². The summed E-state index contributed by atoms with van der Waals surface area (Å²) in [5, 5.41) is 5.90. The van der Waals surface area contributed by atoms with Gasteiger partial charge in [-0.3, -0.25) is 4.90 Å². The Balaban J connectivity index is 1.57. The molecule has 1 saturated heterocycles. The number of hydrogen-bond acceptors (Lipinski definition) is 3. The zero-order chi connectivity index (χ0) is 11.5. The molecule has 3 heteroatoms. The number of thiophene rings is 1. The summed E-state index contributed by atoms with van der Waals surface area (Å²) in [6.07, 6.45) is 6.88.